The Morgan fingerprint density at radius 1 is 1.17 bits per heavy atom. The van der Waals surface area contributed by atoms with Crippen molar-refractivity contribution >= 4 is 17.6 Å². The second kappa shape index (κ2) is 8.99. The standard InChI is InChI=1S/C21H17F2N5O2/c1-4-30-21(24-3)13-6-5-12(2)14(7-13)17-10-27-18(11-26-17)28-20(29)19-15(22)8-25-9-16(19)23/h4-11H,1H2,2-3H3,(H,27,28,29)/b24-21-. The molecule has 3 aromatic rings. The van der Waals surface area contributed by atoms with Crippen LogP contribution in [0, 0.1) is 18.6 Å². The third kappa shape index (κ3) is 4.35. The zero-order valence-corrected chi connectivity index (χ0v) is 16.2. The maximum Gasteiger partial charge on any atom is 0.262 e. The number of aryl methyl sites for hydroxylation is 1. The molecule has 2 heterocycles. The van der Waals surface area contributed by atoms with E-state index in [0.717, 1.165) is 29.1 Å². The Labute approximate surface area is 171 Å². The highest BCUT2D eigenvalue weighted by Crippen LogP contribution is 2.24. The lowest BCUT2D eigenvalue weighted by atomic mass is 10.0. The lowest BCUT2D eigenvalue weighted by Crippen LogP contribution is -2.17. The van der Waals surface area contributed by atoms with Crippen LogP contribution in [-0.4, -0.2) is 33.8 Å². The zero-order chi connectivity index (χ0) is 21.7. The van der Waals surface area contributed by atoms with E-state index in [2.05, 4.69) is 31.8 Å². The highest BCUT2D eigenvalue weighted by molar-refractivity contribution is 6.04. The predicted molar refractivity (Wildman–Crippen MR) is 108 cm³/mol. The first kappa shape index (κ1) is 20.7. The number of carbonyl (C=O) groups excluding carboxylic acids is 1. The van der Waals surface area contributed by atoms with Crippen LogP contribution >= 0.6 is 0 Å². The van der Waals surface area contributed by atoms with Gasteiger partial charge >= 0.3 is 0 Å². The van der Waals surface area contributed by atoms with E-state index in [-0.39, 0.29) is 5.82 Å². The molecule has 0 fully saturated rings. The van der Waals surface area contributed by atoms with Gasteiger partial charge in [-0.25, -0.2) is 13.8 Å². The summed E-state index contributed by atoms with van der Waals surface area (Å²) in [7, 11) is 1.60. The van der Waals surface area contributed by atoms with Gasteiger partial charge in [0.15, 0.2) is 17.5 Å². The van der Waals surface area contributed by atoms with Crippen molar-refractivity contribution in [3.63, 3.8) is 0 Å². The summed E-state index contributed by atoms with van der Waals surface area (Å²) < 4.78 is 32.7. The molecule has 0 saturated heterocycles. The van der Waals surface area contributed by atoms with Crippen molar-refractivity contribution in [3.8, 4) is 11.3 Å². The highest BCUT2D eigenvalue weighted by Gasteiger charge is 2.18. The number of halogens is 2. The normalized spacial score (nSPS) is 11.1. The number of nitrogens with one attached hydrogen (secondary N) is 1. The van der Waals surface area contributed by atoms with Gasteiger partial charge in [0.1, 0.15) is 5.56 Å². The third-order valence-corrected chi connectivity index (χ3v) is 4.13. The van der Waals surface area contributed by atoms with Crippen LogP contribution in [0.1, 0.15) is 21.5 Å². The minimum Gasteiger partial charge on any atom is -0.447 e. The van der Waals surface area contributed by atoms with E-state index in [1.54, 1.807) is 7.05 Å². The van der Waals surface area contributed by atoms with E-state index in [4.69, 9.17) is 4.74 Å². The number of carbonyl (C=O) groups is 1. The fourth-order valence-electron chi connectivity index (χ4n) is 2.70. The minimum absolute atomic E-state index is 0.0407. The smallest absolute Gasteiger partial charge is 0.262 e. The predicted octanol–water partition coefficient (Wildman–Crippen LogP) is 3.91. The molecule has 0 bridgehead atoms. The van der Waals surface area contributed by atoms with Crippen molar-refractivity contribution in [2.75, 3.05) is 12.4 Å². The van der Waals surface area contributed by atoms with Crippen LogP contribution in [0.25, 0.3) is 11.3 Å². The number of benzene rings is 1. The fourth-order valence-corrected chi connectivity index (χ4v) is 2.70. The number of pyridine rings is 1. The van der Waals surface area contributed by atoms with Crippen molar-refractivity contribution in [1.29, 1.82) is 0 Å². The molecule has 0 unspecified atom stereocenters. The van der Waals surface area contributed by atoms with E-state index in [0.29, 0.717) is 11.6 Å². The number of amides is 1. The Kier molecular flexibility index (Phi) is 6.21. The van der Waals surface area contributed by atoms with Gasteiger partial charge in [-0.3, -0.25) is 19.8 Å². The maximum atomic E-state index is 13.7. The number of anilines is 1. The monoisotopic (exact) mass is 409 g/mol. The summed E-state index contributed by atoms with van der Waals surface area (Å²) in [6.07, 6.45) is 5.54. The Morgan fingerprint density at radius 2 is 1.90 bits per heavy atom. The summed E-state index contributed by atoms with van der Waals surface area (Å²) in [5, 5.41) is 2.32. The molecule has 2 aromatic heterocycles. The fraction of sp³-hybridized carbons (Fsp3) is 0.0952. The van der Waals surface area contributed by atoms with Gasteiger partial charge in [0, 0.05) is 18.2 Å². The van der Waals surface area contributed by atoms with Gasteiger partial charge in [0.05, 0.1) is 36.7 Å². The van der Waals surface area contributed by atoms with Crippen LogP contribution in [0.4, 0.5) is 14.6 Å². The van der Waals surface area contributed by atoms with E-state index >= 15 is 0 Å². The second-order valence-electron chi connectivity index (χ2n) is 6.06. The van der Waals surface area contributed by atoms with Crippen molar-refractivity contribution in [2.24, 2.45) is 4.99 Å². The van der Waals surface area contributed by atoms with Crippen molar-refractivity contribution in [2.45, 2.75) is 6.92 Å². The lowest BCUT2D eigenvalue weighted by molar-refractivity contribution is 0.101. The topological polar surface area (TPSA) is 89.4 Å². The van der Waals surface area contributed by atoms with Crippen LogP contribution in [0.15, 0.2) is 60.8 Å². The maximum absolute atomic E-state index is 13.7. The van der Waals surface area contributed by atoms with Gasteiger partial charge in [-0.05, 0) is 24.6 Å². The molecule has 0 atom stereocenters. The molecule has 0 saturated carbocycles. The van der Waals surface area contributed by atoms with Crippen LogP contribution in [-0.2, 0) is 4.74 Å². The SMILES string of the molecule is C=CO/C(=N\C)c1ccc(C)c(-c2cnc(NC(=O)c3c(F)cncc3F)cn2)c1. The largest absolute Gasteiger partial charge is 0.447 e. The molecule has 1 amide bonds. The number of ether oxygens (including phenoxy) is 1. The van der Waals surface area contributed by atoms with Crippen LogP contribution in [0.5, 0.6) is 0 Å². The van der Waals surface area contributed by atoms with Crippen molar-refractivity contribution in [1.82, 2.24) is 15.0 Å². The summed E-state index contributed by atoms with van der Waals surface area (Å²) in [5.74, 6) is -2.69. The van der Waals surface area contributed by atoms with Gasteiger partial charge in [-0.1, -0.05) is 12.6 Å². The van der Waals surface area contributed by atoms with E-state index in [9.17, 15) is 13.6 Å². The lowest BCUT2D eigenvalue weighted by Gasteiger charge is -2.10. The van der Waals surface area contributed by atoms with E-state index < -0.39 is 23.1 Å². The number of hydrogen-bond acceptors (Lipinski definition) is 6. The molecule has 1 N–H and O–H groups in total. The Hall–Kier alpha value is -4.01. The van der Waals surface area contributed by atoms with Gasteiger partial charge in [0.2, 0.25) is 5.90 Å². The van der Waals surface area contributed by atoms with Gasteiger partial charge < -0.3 is 10.1 Å². The molecule has 1 aromatic carbocycles. The summed E-state index contributed by atoms with van der Waals surface area (Å²) >= 11 is 0. The quantitative estimate of drug-likeness (QED) is 0.392. The van der Waals surface area contributed by atoms with Crippen LogP contribution in [0.2, 0.25) is 0 Å². The summed E-state index contributed by atoms with van der Waals surface area (Å²) in [6.45, 7) is 5.43. The minimum atomic E-state index is -1.07. The first-order valence-electron chi connectivity index (χ1n) is 8.72. The van der Waals surface area contributed by atoms with Crippen molar-refractivity contribution in [3.05, 3.63) is 84.2 Å². The van der Waals surface area contributed by atoms with Gasteiger partial charge in [0.25, 0.3) is 5.91 Å². The molecule has 30 heavy (non-hydrogen) atoms. The molecule has 7 nitrogen and oxygen atoms in total. The average molecular weight is 409 g/mol. The molecule has 3 rings (SSSR count). The third-order valence-electron chi connectivity index (χ3n) is 4.13. The second-order valence-corrected chi connectivity index (χ2v) is 6.06. The first-order chi connectivity index (χ1) is 14.4. The molecule has 0 spiro atoms. The van der Waals surface area contributed by atoms with Crippen LogP contribution < -0.4 is 5.32 Å². The zero-order valence-electron chi connectivity index (χ0n) is 16.2. The number of hydrogen-bond donors (Lipinski definition) is 1. The number of nitrogens with zero attached hydrogens (tertiary/aromatic N) is 4. The van der Waals surface area contributed by atoms with Gasteiger partial charge in [-0.2, -0.15) is 0 Å². The molecule has 0 aliphatic heterocycles. The average Bonchev–Trinajstić information content (AvgIpc) is 2.73. The Balaban J connectivity index is 1.86. The number of aromatic nitrogens is 3. The molecule has 0 radical (unpaired) electrons. The van der Waals surface area contributed by atoms with Gasteiger partial charge in [-0.15, -0.1) is 0 Å². The number of aliphatic imine (C=N–C) groups is 1. The van der Waals surface area contributed by atoms with Crippen LogP contribution in [0.3, 0.4) is 0 Å². The molecule has 0 aliphatic rings. The molecule has 152 valence electrons. The highest BCUT2D eigenvalue weighted by atomic mass is 19.1. The Morgan fingerprint density at radius 3 is 2.50 bits per heavy atom. The van der Waals surface area contributed by atoms with Crippen molar-refractivity contribution < 1.29 is 18.3 Å². The molecule has 0 aliphatic carbocycles. The number of rotatable bonds is 5. The molecular weight excluding hydrogens is 392 g/mol. The summed E-state index contributed by atoms with van der Waals surface area (Å²) in [5.41, 5.74) is 2.22. The first-order valence-corrected chi connectivity index (χ1v) is 8.72. The summed E-state index contributed by atoms with van der Waals surface area (Å²) in [6, 6.07) is 5.57. The van der Waals surface area contributed by atoms with E-state index in [1.807, 2.05) is 25.1 Å². The molecule has 9 heteroatoms. The molecular formula is C21H17F2N5O2. The Bertz CT molecular complexity index is 1110. The summed E-state index contributed by atoms with van der Waals surface area (Å²) in [4.78, 5) is 28.0. The van der Waals surface area contributed by atoms with E-state index in [1.165, 1.54) is 18.7 Å².